The molecule has 0 radical (unpaired) electrons. The molecule has 0 spiro atoms. The van der Waals surface area contributed by atoms with Gasteiger partial charge in [-0.05, 0) is 104 Å². The van der Waals surface area contributed by atoms with Crippen molar-refractivity contribution in [1.82, 2.24) is 9.55 Å². The van der Waals surface area contributed by atoms with Gasteiger partial charge >= 0.3 is 12.1 Å². The number of alkyl halides is 3. The number of nitrogens with zero attached hydrogens (tertiary/aromatic N) is 2. The average molecular weight is 637 g/mol. The zero-order valence-electron chi connectivity index (χ0n) is 25.6. The lowest BCUT2D eigenvalue weighted by molar-refractivity contribution is -0.138. The lowest BCUT2D eigenvalue weighted by Crippen LogP contribution is -2.21. The van der Waals surface area contributed by atoms with Gasteiger partial charge in [0.2, 0.25) is 0 Å². The highest BCUT2D eigenvalue weighted by atomic mass is 19.4. The summed E-state index contributed by atoms with van der Waals surface area (Å²) in [5, 5.41) is 19.6. The van der Waals surface area contributed by atoms with Gasteiger partial charge in [0.15, 0.2) is 0 Å². The van der Waals surface area contributed by atoms with Crippen molar-refractivity contribution >= 4 is 27.8 Å². The summed E-state index contributed by atoms with van der Waals surface area (Å²) >= 11 is 0. The Hall–Kier alpha value is -4.77. The van der Waals surface area contributed by atoms with Crippen LogP contribution in [0.3, 0.4) is 0 Å². The maximum absolute atomic E-state index is 14.2. The molecule has 5 aromatic rings. The van der Waals surface area contributed by atoms with Crippen LogP contribution in [0, 0.1) is 12.7 Å². The fourth-order valence-corrected chi connectivity index (χ4v) is 5.65. The number of rotatable bonds is 5. The van der Waals surface area contributed by atoms with Gasteiger partial charge in [-0.3, -0.25) is 14.6 Å². The number of fused-ring (bicyclic) bond motifs is 1. The predicted molar refractivity (Wildman–Crippen MR) is 167 cm³/mol. The Balaban J connectivity index is 0.000000775. The third-order valence-electron chi connectivity index (χ3n) is 7.42. The largest absolute Gasteiger partial charge is 0.493 e. The van der Waals surface area contributed by atoms with Crippen LogP contribution >= 0.6 is 0 Å². The topological polar surface area (TPSA) is 102 Å². The van der Waals surface area contributed by atoms with Crippen molar-refractivity contribution in [3.63, 3.8) is 0 Å². The molecule has 7 nitrogen and oxygen atoms in total. The third-order valence-corrected chi connectivity index (χ3v) is 7.42. The number of aliphatic hydroxyl groups is 1. The molecule has 240 valence electrons. The van der Waals surface area contributed by atoms with E-state index < -0.39 is 34.7 Å². The monoisotopic (exact) mass is 636 g/mol. The lowest BCUT2D eigenvalue weighted by atomic mass is 9.87. The Morgan fingerprint density at radius 1 is 1.04 bits per heavy atom. The van der Waals surface area contributed by atoms with Crippen LogP contribution < -0.4 is 10.3 Å². The third kappa shape index (κ3) is 6.89. The molecule has 3 heterocycles. The fourth-order valence-electron chi connectivity index (χ4n) is 5.65. The van der Waals surface area contributed by atoms with Gasteiger partial charge in [-0.15, -0.1) is 0 Å². The number of ether oxygens (including phenoxy) is 1. The Kier molecular flexibility index (Phi) is 8.65. The Bertz CT molecular complexity index is 2030. The number of benzene rings is 3. The zero-order chi connectivity index (χ0) is 33.6. The molecule has 1 aliphatic heterocycles. The van der Waals surface area contributed by atoms with E-state index in [1.807, 2.05) is 12.1 Å². The zero-order valence-corrected chi connectivity index (χ0v) is 25.6. The predicted octanol–water partition coefficient (Wildman–Crippen LogP) is 7.07. The Morgan fingerprint density at radius 2 is 1.76 bits per heavy atom. The van der Waals surface area contributed by atoms with E-state index in [2.05, 4.69) is 4.98 Å². The molecule has 0 amide bonds. The maximum Gasteiger partial charge on any atom is 0.416 e. The first-order chi connectivity index (χ1) is 21.5. The normalized spacial score (nSPS) is 12.9. The van der Waals surface area contributed by atoms with E-state index in [-0.39, 0.29) is 18.5 Å². The Labute approximate surface area is 261 Å². The van der Waals surface area contributed by atoms with Gasteiger partial charge in [-0.1, -0.05) is 0 Å². The maximum atomic E-state index is 14.2. The molecule has 3 aromatic carbocycles. The summed E-state index contributed by atoms with van der Waals surface area (Å²) in [5.74, 6) is -1.46. The summed E-state index contributed by atoms with van der Waals surface area (Å²) in [4.78, 5) is 29.7. The molecule has 0 fully saturated rings. The van der Waals surface area contributed by atoms with Crippen LogP contribution in [0.5, 0.6) is 5.75 Å². The first-order valence-corrected chi connectivity index (χ1v) is 14.5. The smallest absolute Gasteiger partial charge is 0.416 e. The van der Waals surface area contributed by atoms with Gasteiger partial charge in [0.1, 0.15) is 11.6 Å². The van der Waals surface area contributed by atoms with Gasteiger partial charge in [0, 0.05) is 35.0 Å². The van der Waals surface area contributed by atoms with Crippen LogP contribution in [-0.2, 0) is 30.4 Å². The van der Waals surface area contributed by atoms with E-state index in [0.29, 0.717) is 63.5 Å². The molecule has 2 N–H and O–H groups in total. The Morgan fingerprint density at radius 3 is 2.43 bits per heavy atom. The van der Waals surface area contributed by atoms with Crippen molar-refractivity contribution < 1.29 is 37.3 Å². The van der Waals surface area contributed by atoms with E-state index in [1.54, 1.807) is 52.1 Å². The number of aryl methyl sites for hydroxylation is 1. The van der Waals surface area contributed by atoms with E-state index in [4.69, 9.17) is 9.84 Å². The first-order valence-electron chi connectivity index (χ1n) is 14.5. The fraction of sp³-hybridized carbons (Fsp3) is 0.286. The molecule has 0 atom stereocenters. The standard InChI is InChI=1S/C31H22F4N2O4.C4H10O/c1-16-10-24-21(3-5-26(38)37(24)15-17-11-19(31(33,34)35)13-20(32)12-17)29(23(16)14-27(39)40)22-2-4-25-28-18(7-9-41-25)6-8-36-30(22)28;1-4(2,3)5/h2-6,8,10-13H,7,9,14-15H2,1H3,(H,39,40);5H,1-3H3. The number of hydrogen-bond donors (Lipinski definition) is 2. The molecule has 11 heteroatoms. The number of hydrogen-bond acceptors (Lipinski definition) is 5. The molecule has 0 unspecified atom stereocenters. The molecule has 46 heavy (non-hydrogen) atoms. The highest BCUT2D eigenvalue weighted by Gasteiger charge is 2.31. The van der Waals surface area contributed by atoms with Crippen molar-refractivity contribution in [2.45, 2.75) is 58.9 Å². The second-order valence-corrected chi connectivity index (χ2v) is 12.2. The van der Waals surface area contributed by atoms with Crippen molar-refractivity contribution in [3.05, 3.63) is 105 Å². The quantitative estimate of drug-likeness (QED) is 0.200. The van der Waals surface area contributed by atoms with Gasteiger partial charge < -0.3 is 19.5 Å². The molecule has 0 saturated carbocycles. The van der Waals surface area contributed by atoms with Gasteiger partial charge in [0.05, 0.1) is 41.8 Å². The summed E-state index contributed by atoms with van der Waals surface area (Å²) in [6.07, 6.45) is -2.71. The lowest BCUT2D eigenvalue weighted by Gasteiger charge is -2.22. The highest BCUT2D eigenvalue weighted by Crippen LogP contribution is 2.42. The van der Waals surface area contributed by atoms with E-state index in [1.165, 1.54) is 10.6 Å². The van der Waals surface area contributed by atoms with Crippen LogP contribution in [-0.4, -0.2) is 37.9 Å². The van der Waals surface area contributed by atoms with Gasteiger partial charge in [0.25, 0.3) is 5.56 Å². The van der Waals surface area contributed by atoms with Crippen LogP contribution in [0.25, 0.3) is 32.9 Å². The summed E-state index contributed by atoms with van der Waals surface area (Å²) in [6.45, 7) is 7.14. The number of carboxylic acid groups (broad SMARTS) is 1. The first kappa shape index (κ1) is 32.6. The van der Waals surface area contributed by atoms with Crippen molar-refractivity contribution in [2.24, 2.45) is 0 Å². The minimum absolute atomic E-state index is 0.0406. The van der Waals surface area contributed by atoms with Crippen LogP contribution in [0.15, 0.2) is 65.6 Å². The number of aromatic nitrogens is 2. The van der Waals surface area contributed by atoms with E-state index in [0.717, 1.165) is 23.1 Å². The van der Waals surface area contributed by atoms with Crippen LogP contribution in [0.2, 0.25) is 0 Å². The summed E-state index contributed by atoms with van der Waals surface area (Å²) in [5.41, 5.74) is 2.09. The second-order valence-electron chi connectivity index (χ2n) is 12.2. The van der Waals surface area contributed by atoms with Crippen LogP contribution in [0.1, 0.15) is 48.6 Å². The SMILES string of the molecule is CC(C)(C)O.Cc1cc2c(ccc(=O)n2Cc2cc(F)cc(C(F)(F)F)c2)c(-c2ccc3c4c(ccnc24)CCO3)c1CC(=O)O. The van der Waals surface area contributed by atoms with Crippen molar-refractivity contribution in [1.29, 1.82) is 0 Å². The summed E-state index contributed by atoms with van der Waals surface area (Å²) < 4.78 is 61.4. The van der Waals surface area contributed by atoms with Gasteiger partial charge in [-0.2, -0.15) is 13.2 Å². The molecule has 2 aromatic heterocycles. The molecule has 0 saturated heterocycles. The summed E-state index contributed by atoms with van der Waals surface area (Å²) in [6, 6.07) is 12.2. The number of pyridine rings is 2. The number of halogens is 4. The number of carboxylic acids is 1. The van der Waals surface area contributed by atoms with Crippen LogP contribution in [0.4, 0.5) is 17.6 Å². The molecule has 1 aliphatic rings. The average Bonchev–Trinajstić information content (AvgIpc) is 2.94. The molecule has 6 rings (SSSR count). The van der Waals surface area contributed by atoms with E-state index in [9.17, 15) is 32.3 Å². The van der Waals surface area contributed by atoms with Crippen molar-refractivity contribution in [2.75, 3.05) is 6.61 Å². The molecular weight excluding hydrogens is 604 g/mol. The molecule has 0 aliphatic carbocycles. The highest BCUT2D eigenvalue weighted by molar-refractivity contribution is 6.08. The molecular formula is C35H32F4N2O5. The number of aliphatic carboxylic acids is 1. The minimum atomic E-state index is -4.76. The van der Waals surface area contributed by atoms with Crippen molar-refractivity contribution in [3.8, 4) is 16.9 Å². The second kappa shape index (κ2) is 12.2. The van der Waals surface area contributed by atoms with Gasteiger partial charge in [-0.25, -0.2) is 4.39 Å². The summed E-state index contributed by atoms with van der Waals surface area (Å²) in [7, 11) is 0. The molecule has 0 bridgehead atoms. The number of carbonyl (C=O) groups is 1. The van der Waals surface area contributed by atoms with E-state index >= 15 is 0 Å². The minimum Gasteiger partial charge on any atom is -0.493 e.